The Labute approximate surface area is 156 Å². The van der Waals surface area contributed by atoms with E-state index < -0.39 is 11.7 Å². The van der Waals surface area contributed by atoms with Crippen LogP contribution in [0.5, 0.6) is 0 Å². The minimum atomic E-state index is -0.725. The van der Waals surface area contributed by atoms with Gasteiger partial charge >= 0.3 is 6.09 Å². The van der Waals surface area contributed by atoms with Crippen molar-refractivity contribution >= 4 is 29.1 Å². The standard InChI is InChI=1S/C13H23N5.C5H11NO2/c1-15-13-12(14)10(9-11(16-13)17(2)3)18-7-5-4-6-8-18;1-5(2,3)8-4(6)7/h9H,4-8,14H2,1-3H3,(H,15,16);1-3H3,(H2,6,7). The van der Waals surface area contributed by atoms with Crippen LogP contribution < -0.4 is 26.6 Å². The number of carbonyl (C=O) groups is 1. The minimum Gasteiger partial charge on any atom is -0.444 e. The minimum absolute atomic E-state index is 0.453. The van der Waals surface area contributed by atoms with E-state index in [1.165, 1.54) is 19.3 Å². The van der Waals surface area contributed by atoms with Crippen molar-refractivity contribution in [1.82, 2.24) is 4.98 Å². The van der Waals surface area contributed by atoms with Gasteiger partial charge in [-0.2, -0.15) is 0 Å². The van der Waals surface area contributed by atoms with Crippen LogP contribution in [0.3, 0.4) is 0 Å². The number of carbonyl (C=O) groups excluding carboxylic acids is 1. The predicted octanol–water partition coefficient (Wildman–Crippen LogP) is 2.64. The summed E-state index contributed by atoms with van der Waals surface area (Å²) in [5.41, 5.74) is 12.3. The predicted molar refractivity (Wildman–Crippen MR) is 109 cm³/mol. The zero-order valence-corrected chi connectivity index (χ0v) is 16.9. The molecule has 8 nitrogen and oxygen atoms in total. The summed E-state index contributed by atoms with van der Waals surface area (Å²) < 4.78 is 4.58. The highest BCUT2D eigenvalue weighted by atomic mass is 16.6. The maximum atomic E-state index is 10.0. The molecule has 1 amide bonds. The fourth-order valence-corrected chi connectivity index (χ4v) is 2.65. The molecule has 26 heavy (non-hydrogen) atoms. The van der Waals surface area contributed by atoms with Crippen molar-refractivity contribution in [3.63, 3.8) is 0 Å². The number of nitrogens with two attached hydrogens (primary N) is 2. The lowest BCUT2D eigenvalue weighted by molar-refractivity contribution is 0.0600. The Kier molecular flexibility index (Phi) is 7.79. The van der Waals surface area contributed by atoms with Gasteiger partial charge in [0, 0.05) is 40.3 Å². The van der Waals surface area contributed by atoms with Gasteiger partial charge in [-0.05, 0) is 40.0 Å². The van der Waals surface area contributed by atoms with E-state index in [0.29, 0.717) is 0 Å². The largest absolute Gasteiger partial charge is 0.444 e. The molecule has 2 rings (SSSR count). The van der Waals surface area contributed by atoms with E-state index in [9.17, 15) is 4.79 Å². The van der Waals surface area contributed by atoms with Gasteiger partial charge < -0.3 is 31.3 Å². The molecule has 1 aromatic rings. The summed E-state index contributed by atoms with van der Waals surface area (Å²) in [6.45, 7) is 7.46. The molecule has 0 spiro atoms. The monoisotopic (exact) mass is 366 g/mol. The first-order valence-corrected chi connectivity index (χ1v) is 8.94. The molecule has 0 aliphatic carbocycles. The molecule has 0 atom stereocenters. The first-order chi connectivity index (χ1) is 12.0. The summed E-state index contributed by atoms with van der Waals surface area (Å²) in [7, 11) is 5.86. The van der Waals surface area contributed by atoms with Crippen molar-refractivity contribution in [1.29, 1.82) is 0 Å². The molecule has 1 fully saturated rings. The second-order valence-corrected chi connectivity index (χ2v) is 7.49. The van der Waals surface area contributed by atoms with Crippen molar-refractivity contribution < 1.29 is 9.53 Å². The Balaban J connectivity index is 0.000000359. The summed E-state index contributed by atoms with van der Waals surface area (Å²) in [6.07, 6.45) is 3.08. The zero-order chi connectivity index (χ0) is 19.9. The number of pyridine rings is 1. The number of hydrogen-bond acceptors (Lipinski definition) is 7. The number of hydrogen-bond donors (Lipinski definition) is 3. The van der Waals surface area contributed by atoms with Crippen molar-refractivity contribution in [2.24, 2.45) is 5.73 Å². The number of amides is 1. The molecule has 1 aliphatic rings. The summed E-state index contributed by atoms with van der Waals surface area (Å²) in [6, 6.07) is 2.08. The SMILES string of the molecule is CC(C)(C)OC(N)=O.CNc1nc(N(C)C)cc(N2CCCCC2)c1N. The maximum absolute atomic E-state index is 10.0. The zero-order valence-electron chi connectivity index (χ0n) is 16.9. The summed E-state index contributed by atoms with van der Waals surface area (Å²) in [4.78, 5) is 18.9. The molecule has 5 N–H and O–H groups in total. The molecular weight excluding hydrogens is 332 g/mol. The van der Waals surface area contributed by atoms with Crippen LogP contribution in [0, 0.1) is 0 Å². The number of nitrogens with zero attached hydrogens (tertiary/aromatic N) is 3. The molecule has 2 heterocycles. The molecule has 8 heteroatoms. The summed E-state index contributed by atoms with van der Waals surface area (Å²) in [5.74, 6) is 1.70. The molecule has 0 saturated carbocycles. The first-order valence-electron chi connectivity index (χ1n) is 8.94. The van der Waals surface area contributed by atoms with Crippen LogP contribution in [-0.4, -0.2) is 50.9 Å². The Hall–Kier alpha value is -2.38. The molecule has 1 aromatic heterocycles. The molecule has 148 valence electrons. The highest BCUT2D eigenvalue weighted by Gasteiger charge is 2.18. The van der Waals surface area contributed by atoms with Gasteiger partial charge in [0.05, 0.1) is 11.4 Å². The number of piperidine rings is 1. The number of rotatable bonds is 3. The lowest BCUT2D eigenvalue weighted by Gasteiger charge is -2.31. The topological polar surface area (TPSA) is 110 Å². The molecule has 0 aromatic carbocycles. The van der Waals surface area contributed by atoms with Gasteiger partial charge in [-0.25, -0.2) is 9.78 Å². The van der Waals surface area contributed by atoms with Crippen molar-refractivity contribution in [2.45, 2.75) is 45.6 Å². The van der Waals surface area contributed by atoms with E-state index in [2.05, 4.69) is 26.0 Å². The highest BCUT2D eigenvalue weighted by Crippen LogP contribution is 2.33. The van der Waals surface area contributed by atoms with E-state index in [4.69, 9.17) is 11.5 Å². The van der Waals surface area contributed by atoms with E-state index in [0.717, 1.165) is 36.1 Å². The third kappa shape index (κ3) is 6.85. The average molecular weight is 367 g/mol. The number of anilines is 4. The first kappa shape index (κ1) is 21.7. The Morgan fingerprint density at radius 2 is 1.85 bits per heavy atom. The van der Waals surface area contributed by atoms with Crippen LogP contribution in [0.25, 0.3) is 0 Å². The van der Waals surface area contributed by atoms with Crippen LogP contribution >= 0.6 is 0 Å². The van der Waals surface area contributed by atoms with Gasteiger partial charge in [0.2, 0.25) is 0 Å². The molecule has 1 saturated heterocycles. The fourth-order valence-electron chi connectivity index (χ4n) is 2.65. The molecule has 0 bridgehead atoms. The Morgan fingerprint density at radius 3 is 2.23 bits per heavy atom. The van der Waals surface area contributed by atoms with Crippen LogP contribution in [0.4, 0.5) is 27.8 Å². The average Bonchev–Trinajstić information content (AvgIpc) is 2.54. The van der Waals surface area contributed by atoms with E-state index in [1.807, 2.05) is 26.0 Å². The quantitative estimate of drug-likeness (QED) is 0.754. The summed E-state index contributed by atoms with van der Waals surface area (Å²) in [5, 5.41) is 3.08. The van der Waals surface area contributed by atoms with E-state index in [-0.39, 0.29) is 0 Å². The molecular formula is C18H34N6O2. The van der Waals surface area contributed by atoms with E-state index in [1.54, 1.807) is 20.8 Å². The van der Waals surface area contributed by atoms with Crippen molar-refractivity contribution in [3.05, 3.63) is 6.07 Å². The number of nitrogen functional groups attached to an aromatic ring is 1. The molecule has 0 unspecified atom stereocenters. The summed E-state index contributed by atoms with van der Waals surface area (Å²) >= 11 is 0. The number of aromatic nitrogens is 1. The molecule has 0 radical (unpaired) electrons. The number of ether oxygens (including phenoxy) is 1. The fraction of sp³-hybridized carbons (Fsp3) is 0.667. The maximum Gasteiger partial charge on any atom is 0.405 e. The van der Waals surface area contributed by atoms with Crippen molar-refractivity contribution in [3.8, 4) is 0 Å². The van der Waals surface area contributed by atoms with Gasteiger partial charge in [0.15, 0.2) is 5.82 Å². The van der Waals surface area contributed by atoms with Gasteiger partial charge in [0.1, 0.15) is 11.4 Å². The molecule has 1 aliphatic heterocycles. The van der Waals surface area contributed by atoms with Gasteiger partial charge in [-0.15, -0.1) is 0 Å². The second kappa shape index (κ2) is 9.35. The lowest BCUT2D eigenvalue weighted by Crippen LogP contribution is -2.30. The number of nitrogens with one attached hydrogen (secondary N) is 1. The van der Waals surface area contributed by atoms with Crippen LogP contribution in [0.1, 0.15) is 40.0 Å². The van der Waals surface area contributed by atoms with Gasteiger partial charge in [0.25, 0.3) is 0 Å². The lowest BCUT2D eigenvalue weighted by atomic mass is 10.1. The van der Waals surface area contributed by atoms with Crippen LogP contribution in [0.15, 0.2) is 6.07 Å². The highest BCUT2D eigenvalue weighted by molar-refractivity contribution is 5.81. The Morgan fingerprint density at radius 1 is 1.27 bits per heavy atom. The van der Waals surface area contributed by atoms with Crippen LogP contribution in [0.2, 0.25) is 0 Å². The number of primary amides is 1. The second-order valence-electron chi connectivity index (χ2n) is 7.49. The third-order valence-electron chi connectivity index (χ3n) is 3.82. The Bertz CT molecular complexity index is 592. The smallest absolute Gasteiger partial charge is 0.405 e. The van der Waals surface area contributed by atoms with Gasteiger partial charge in [-0.1, -0.05) is 0 Å². The normalized spacial score (nSPS) is 14.2. The van der Waals surface area contributed by atoms with Gasteiger partial charge in [-0.3, -0.25) is 0 Å². The van der Waals surface area contributed by atoms with Crippen LogP contribution in [-0.2, 0) is 4.74 Å². The third-order valence-corrected chi connectivity index (χ3v) is 3.82. The van der Waals surface area contributed by atoms with Crippen molar-refractivity contribution in [2.75, 3.05) is 55.1 Å². The van der Waals surface area contributed by atoms with E-state index >= 15 is 0 Å².